The molecule has 0 aliphatic heterocycles. The molecule has 4 nitrogen and oxygen atoms in total. The number of benzene rings is 2. The van der Waals surface area contributed by atoms with E-state index < -0.39 is 5.97 Å². The van der Waals surface area contributed by atoms with E-state index in [1.165, 1.54) is 0 Å². The molecule has 0 aliphatic carbocycles. The molecular formula is C17H19NO3. The fourth-order valence-corrected chi connectivity index (χ4v) is 2.05. The Kier molecular flexibility index (Phi) is 4.48. The Morgan fingerprint density at radius 1 is 1.10 bits per heavy atom. The Bertz CT molecular complexity index is 620. The number of hydrogen-bond acceptors (Lipinski definition) is 3. The molecule has 0 fully saturated rings. The standard InChI is InChI=1S/C17H19NO3/c1-12(13-8-10-14(11-9-13)18(2)3)21-16-7-5-4-6-15(16)17(19)20/h4-12H,1-3H3,(H,19,20). The smallest absolute Gasteiger partial charge is 0.339 e. The molecule has 0 aromatic heterocycles. The fraction of sp³-hybridized carbons (Fsp3) is 0.235. The highest BCUT2D eigenvalue weighted by Gasteiger charge is 2.14. The number of hydrogen-bond donors (Lipinski definition) is 1. The summed E-state index contributed by atoms with van der Waals surface area (Å²) in [6.07, 6.45) is -0.221. The van der Waals surface area contributed by atoms with E-state index in [1.807, 2.05) is 50.2 Å². The Morgan fingerprint density at radius 2 is 1.71 bits per heavy atom. The third kappa shape index (κ3) is 3.54. The Labute approximate surface area is 124 Å². The Hall–Kier alpha value is -2.49. The van der Waals surface area contributed by atoms with Gasteiger partial charge in [-0.2, -0.15) is 0 Å². The van der Waals surface area contributed by atoms with Crippen molar-refractivity contribution in [3.05, 3.63) is 59.7 Å². The van der Waals surface area contributed by atoms with Gasteiger partial charge in [-0.3, -0.25) is 0 Å². The fourth-order valence-electron chi connectivity index (χ4n) is 2.05. The first kappa shape index (κ1) is 14.9. The van der Waals surface area contributed by atoms with Crippen molar-refractivity contribution in [2.45, 2.75) is 13.0 Å². The maximum Gasteiger partial charge on any atom is 0.339 e. The van der Waals surface area contributed by atoms with Crippen LogP contribution in [0.25, 0.3) is 0 Å². The van der Waals surface area contributed by atoms with Crippen molar-refractivity contribution in [3.63, 3.8) is 0 Å². The van der Waals surface area contributed by atoms with Crippen molar-refractivity contribution in [1.82, 2.24) is 0 Å². The zero-order valence-corrected chi connectivity index (χ0v) is 12.4. The maximum atomic E-state index is 11.2. The summed E-state index contributed by atoms with van der Waals surface area (Å²) in [7, 11) is 3.97. The molecule has 0 saturated carbocycles. The van der Waals surface area contributed by atoms with E-state index in [0.717, 1.165) is 11.3 Å². The van der Waals surface area contributed by atoms with Gasteiger partial charge in [0, 0.05) is 19.8 Å². The second kappa shape index (κ2) is 6.31. The number of ether oxygens (including phenoxy) is 1. The van der Waals surface area contributed by atoms with E-state index >= 15 is 0 Å². The molecule has 0 bridgehead atoms. The first-order valence-electron chi connectivity index (χ1n) is 6.75. The van der Waals surface area contributed by atoms with Crippen LogP contribution in [0.1, 0.15) is 28.9 Å². The number of nitrogens with zero attached hydrogens (tertiary/aromatic N) is 1. The molecule has 1 atom stereocenters. The van der Waals surface area contributed by atoms with Gasteiger partial charge in [0.15, 0.2) is 0 Å². The summed E-state index contributed by atoms with van der Waals surface area (Å²) < 4.78 is 5.80. The molecule has 4 heteroatoms. The summed E-state index contributed by atoms with van der Waals surface area (Å²) in [4.78, 5) is 13.2. The van der Waals surface area contributed by atoms with Crippen LogP contribution >= 0.6 is 0 Å². The third-order valence-corrected chi connectivity index (χ3v) is 3.30. The lowest BCUT2D eigenvalue weighted by atomic mass is 10.1. The molecule has 1 unspecified atom stereocenters. The molecule has 1 N–H and O–H groups in total. The Morgan fingerprint density at radius 3 is 2.29 bits per heavy atom. The first-order chi connectivity index (χ1) is 9.99. The summed E-state index contributed by atoms with van der Waals surface area (Å²) in [6.45, 7) is 1.91. The van der Waals surface area contributed by atoms with E-state index in [1.54, 1.807) is 24.3 Å². The second-order valence-electron chi connectivity index (χ2n) is 5.05. The molecule has 110 valence electrons. The highest BCUT2D eigenvalue weighted by Crippen LogP contribution is 2.26. The van der Waals surface area contributed by atoms with Gasteiger partial charge in [0.25, 0.3) is 0 Å². The molecule has 2 rings (SSSR count). The van der Waals surface area contributed by atoms with E-state index in [4.69, 9.17) is 9.84 Å². The average Bonchev–Trinajstić information content (AvgIpc) is 2.47. The van der Waals surface area contributed by atoms with Gasteiger partial charge in [0.05, 0.1) is 0 Å². The SMILES string of the molecule is CC(Oc1ccccc1C(=O)O)c1ccc(N(C)C)cc1. The lowest BCUT2D eigenvalue weighted by molar-refractivity contribution is 0.0689. The average molecular weight is 285 g/mol. The number of rotatable bonds is 5. The molecule has 21 heavy (non-hydrogen) atoms. The number of aromatic carboxylic acids is 1. The molecule has 0 radical (unpaired) electrons. The van der Waals surface area contributed by atoms with Crippen LogP contribution in [0.3, 0.4) is 0 Å². The number of anilines is 1. The largest absolute Gasteiger partial charge is 0.485 e. The van der Waals surface area contributed by atoms with E-state index in [2.05, 4.69) is 0 Å². The predicted octanol–water partition coefficient (Wildman–Crippen LogP) is 3.59. The summed E-state index contributed by atoms with van der Waals surface area (Å²) in [5.74, 6) is -0.602. The van der Waals surface area contributed by atoms with Crippen LogP contribution < -0.4 is 9.64 Å². The van der Waals surface area contributed by atoms with Crippen molar-refractivity contribution in [2.24, 2.45) is 0 Å². The number of carboxylic acid groups (broad SMARTS) is 1. The molecule has 0 amide bonds. The normalized spacial score (nSPS) is 11.8. The molecule has 2 aromatic rings. The Balaban J connectivity index is 2.18. The van der Waals surface area contributed by atoms with Crippen LogP contribution in [0.2, 0.25) is 0 Å². The highest BCUT2D eigenvalue weighted by atomic mass is 16.5. The maximum absolute atomic E-state index is 11.2. The van der Waals surface area contributed by atoms with Crippen molar-refractivity contribution in [1.29, 1.82) is 0 Å². The van der Waals surface area contributed by atoms with Gasteiger partial charge in [0.1, 0.15) is 17.4 Å². The zero-order valence-electron chi connectivity index (χ0n) is 12.4. The van der Waals surface area contributed by atoms with Gasteiger partial charge in [-0.25, -0.2) is 4.79 Å². The van der Waals surface area contributed by atoms with E-state index in [9.17, 15) is 4.79 Å². The molecule has 0 saturated heterocycles. The van der Waals surface area contributed by atoms with Crippen molar-refractivity contribution < 1.29 is 14.6 Å². The number of carbonyl (C=O) groups is 1. The van der Waals surface area contributed by atoms with Crippen LogP contribution in [0.4, 0.5) is 5.69 Å². The molecular weight excluding hydrogens is 266 g/mol. The second-order valence-corrected chi connectivity index (χ2v) is 5.05. The number of para-hydroxylation sites is 1. The lowest BCUT2D eigenvalue weighted by Gasteiger charge is -2.18. The highest BCUT2D eigenvalue weighted by molar-refractivity contribution is 5.90. The van der Waals surface area contributed by atoms with Crippen LogP contribution in [-0.2, 0) is 0 Å². The molecule has 0 aliphatic rings. The van der Waals surface area contributed by atoms with Gasteiger partial charge in [-0.15, -0.1) is 0 Å². The van der Waals surface area contributed by atoms with E-state index in [0.29, 0.717) is 5.75 Å². The van der Waals surface area contributed by atoms with Crippen LogP contribution in [0.15, 0.2) is 48.5 Å². The van der Waals surface area contributed by atoms with Crippen LogP contribution in [0.5, 0.6) is 5.75 Å². The molecule has 0 heterocycles. The van der Waals surface area contributed by atoms with Gasteiger partial charge in [-0.05, 0) is 36.8 Å². The van der Waals surface area contributed by atoms with Crippen molar-refractivity contribution in [2.75, 3.05) is 19.0 Å². The predicted molar refractivity (Wildman–Crippen MR) is 83.2 cm³/mol. The first-order valence-corrected chi connectivity index (χ1v) is 6.75. The summed E-state index contributed by atoms with van der Waals surface area (Å²) in [5, 5.41) is 9.16. The lowest BCUT2D eigenvalue weighted by Crippen LogP contribution is -2.10. The monoisotopic (exact) mass is 285 g/mol. The minimum absolute atomic E-state index is 0.175. The van der Waals surface area contributed by atoms with Crippen LogP contribution in [-0.4, -0.2) is 25.2 Å². The summed E-state index contributed by atoms with van der Waals surface area (Å²) in [6, 6.07) is 14.7. The molecule has 0 spiro atoms. The number of carboxylic acids is 1. The van der Waals surface area contributed by atoms with Gasteiger partial charge < -0.3 is 14.7 Å². The van der Waals surface area contributed by atoms with Gasteiger partial charge in [-0.1, -0.05) is 24.3 Å². The minimum Gasteiger partial charge on any atom is -0.485 e. The molecule has 2 aromatic carbocycles. The quantitative estimate of drug-likeness (QED) is 0.912. The summed E-state index contributed by atoms with van der Waals surface area (Å²) >= 11 is 0. The van der Waals surface area contributed by atoms with Crippen LogP contribution in [0, 0.1) is 0 Å². The van der Waals surface area contributed by atoms with Gasteiger partial charge in [0.2, 0.25) is 0 Å². The van der Waals surface area contributed by atoms with E-state index in [-0.39, 0.29) is 11.7 Å². The van der Waals surface area contributed by atoms with Crippen molar-refractivity contribution >= 4 is 11.7 Å². The topological polar surface area (TPSA) is 49.8 Å². The zero-order chi connectivity index (χ0) is 15.4. The summed E-state index contributed by atoms with van der Waals surface area (Å²) in [5.41, 5.74) is 2.28. The minimum atomic E-state index is -0.985. The van der Waals surface area contributed by atoms with Crippen molar-refractivity contribution in [3.8, 4) is 5.75 Å². The van der Waals surface area contributed by atoms with Gasteiger partial charge >= 0.3 is 5.97 Å². The third-order valence-electron chi connectivity index (χ3n) is 3.30.